The summed E-state index contributed by atoms with van der Waals surface area (Å²) in [6.07, 6.45) is 0. The molecular formula is C19H14FN3O2S2. The standard InChI is InChI=1S/C19H14FN3O2S2/c1-10-16(27-18(21-10)11-3-5-12(20)6-4-11)17(24)23-19-22-14-8-7-13(25-2)9-15(14)26-19/h3-9H,1-2H3,(H,22,23,24). The third-order valence-corrected chi connectivity index (χ3v) is 6.05. The Morgan fingerprint density at radius 3 is 2.63 bits per heavy atom. The number of fused-ring (bicyclic) bond motifs is 1. The summed E-state index contributed by atoms with van der Waals surface area (Å²) in [5.41, 5.74) is 2.19. The summed E-state index contributed by atoms with van der Waals surface area (Å²) in [6, 6.07) is 11.6. The molecule has 4 rings (SSSR count). The Morgan fingerprint density at radius 2 is 1.89 bits per heavy atom. The molecule has 136 valence electrons. The van der Waals surface area contributed by atoms with Gasteiger partial charge in [0.15, 0.2) is 5.13 Å². The van der Waals surface area contributed by atoms with Crippen molar-refractivity contribution in [2.45, 2.75) is 6.92 Å². The van der Waals surface area contributed by atoms with Gasteiger partial charge in [-0.3, -0.25) is 10.1 Å². The van der Waals surface area contributed by atoms with Crippen LogP contribution in [0.4, 0.5) is 9.52 Å². The van der Waals surface area contributed by atoms with Crippen LogP contribution in [-0.2, 0) is 0 Å². The van der Waals surface area contributed by atoms with Gasteiger partial charge >= 0.3 is 0 Å². The quantitative estimate of drug-likeness (QED) is 0.517. The van der Waals surface area contributed by atoms with Crippen LogP contribution in [0.5, 0.6) is 5.75 Å². The first-order valence-corrected chi connectivity index (χ1v) is 9.66. The number of rotatable bonds is 4. The van der Waals surface area contributed by atoms with Gasteiger partial charge in [-0.05, 0) is 49.4 Å². The molecule has 0 aliphatic carbocycles. The minimum atomic E-state index is -0.308. The van der Waals surface area contributed by atoms with Crippen LogP contribution in [0.1, 0.15) is 15.4 Å². The van der Waals surface area contributed by atoms with E-state index in [1.165, 1.54) is 34.8 Å². The summed E-state index contributed by atoms with van der Waals surface area (Å²) in [4.78, 5) is 22.1. The summed E-state index contributed by atoms with van der Waals surface area (Å²) < 4.78 is 19.2. The molecule has 0 aliphatic heterocycles. The first-order chi connectivity index (χ1) is 13.0. The predicted molar refractivity (Wildman–Crippen MR) is 106 cm³/mol. The molecule has 0 fully saturated rings. The lowest BCUT2D eigenvalue weighted by atomic mass is 10.2. The molecule has 2 heterocycles. The Hall–Kier alpha value is -2.84. The molecule has 1 amide bonds. The number of carbonyl (C=O) groups is 1. The molecule has 1 N–H and O–H groups in total. The lowest BCUT2D eigenvalue weighted by Crippen LogP contribution is -2.11. The third kappa shape index (κ3) is 3.54. The number of amides is 1. The first-order valence-electron chi connectivity index (χ1n) is 8.03. The largest absolute Gasteiger partial charge is 0.497 e. The van der Waals surface area contributed by atoms with Gasteiger partial charge in [-0.25, -0.2) is 14.4 Å². The number of hydrogen-bond donors (Lipinski definition) is 1. The van der Waals surface area contributed by atoms with Crippen LogP contribution >= 0.6 is 22.7 Å². The van der Waals surface area contributed by atoms with Crippen molar-refractivity contribution < 1.29 is 13.9 Å². The summed E-state index contributed by atoms with van der Waals surface area (Å²) in [7, 11) is 1.61. The molecular weight excluding hydrogens is 385 g/mol. The molecule has 2 aromatic heterocycles. The van der Waals surface area contributed by atoms with E-state index < -0.39 is 0 Å². The topological polar surface area (TPSA) is 64.1 Å². The van der Waals surface area contributed by atoms with E-state index in [2.05, 4.69) is 15.3 Å². The third-order valence-electron chi connectivity index (χ3n) is 3.91. The number of aryl methyl sites for hydroxylation is 1. The summed E-state index contributed by atoms with van der Waals surface area (Å²) in [5, 5.41) is 4.02. The van der Waals surface area contributed by atoms with Crippen molar-refractivity contribution in [2.24, 2.45) is 0 Å². The molecule has 0 saturated heterocycles. The number of methoxy groups -OCH3 is 1. The van der Waals surface area contributed by atoms with Gasteiger partial charge in [0.1, 0.15) is 21.5 Å². The van der Waals surface area contributed by atoms with Gasteiger partial charge < -0.3 is 4.74 Å². The maximum absolute atomic E-state index is 13.1. The van der Waals surface area contributed by atoms with Gasteiger partial charge in [0.25, 0.3) is 5.91 Å². The Kier molecular flexibility index (Phi) is 4.59. The Labute approximate surface area is 162 Å². The Morgan fingerprint density at radius 1 is 1.11 bits per heavy atom. The number of ether oxygens (including phenoxy) is 1. The number of halogens is 1. The molecule has 5 nitrogen and oxygen atoms in total. The molecule has 0 atom stereocenters. The highest BCUT2D eigenvalue weighted by molar-refractivity contribution is 7.22. The van der Waals surface area contributed by atoms with Crippen LogP contribution in [0.2, 0.25) is 0 Å². The Bertz CT molecular complexity index is 1140. The molecule has 0 unspecified atom stereocenters. The number of carbonyl (C=O) groups excluding carboxylic acids is 1. The highest BCUT2D eigenvalue weighted by Gasteiger charge is 2.18. The second-order valence-electron chi connectivity index (χ2n) is 5.75. The van der Waals surface area contributed by atoms with Gasteiger partial charge in [0.05, 0.1) is 23.0 Å². The lowest BCUT2D eigenvalue weighted by Gasteiger charge is -1.98. The van der Waals surface area contributed by atoms with Crippen molar-refractivity contribution >= 4 is 43.9 Å². The average Bonchev–Trinajstić information content (AvgIpc) is 3.24. The predicted octanol–water partition coefficient (Wildman–Crippen LogP) is 5.13. The van der Waals surface area contributed by atoms with E-state index in [1.54, 1.807) is 26.2 Å². The SMILES string of the molecule is COc1ccc2nc(NC(=O)c3sc(-c4ccc(F)cc4)nc3C)sc2c1. The van der Waals surface area contributed by atoms with Crippen molar-refractivity contribution in [1.82, 2.24) is 9.97 Å². The second-order valence-corrected chi connectivity index (χ2v) is 7.78. The van der Waals surface area contributed by atoms with E-state index in [0.717, 1.165) is 21.5 Å². The smallest absolute Gasteiger partial charge is 0.269 e. The number of nitrogens with one attached hydrogen (secondary N) is 1. The first kappa shape index (κ1) is 17.6. The zero-order chi connectivity index (χ0) is 19.0. The van der Waals surface area contributed by atoms with Gasteiger partial charge in [-0.1, -0.05) is 11.3 Å². The highest BCUT2D eigenvalue weighted by Crippen LogP contribution is 2.31. The number of nitrogens with zero attached hydrogens (tertiary/aromatic N) is 2. The van der Waals surface area contributed by atoms with Crippen LogP contribution < -0.4 is 10.1 Å². The van der Waals surface area contributed by atoms with E-state index in [-0.39, 0.29) is 11.7 Å². The fourth-order valence-corrected chi connectivity index (χ4v) is 4.42. The molecule has 8 heteroatoms. The van der Waals surface area contributed by atoms with Crippen molar-refractivity contribution in [1.29, 1.82) is 0 Å². The van der Waals surface area contributed by atoms with E-state index in [4.69, 9.17) is 4.74 Å². The monoisotopic (exact) mass is 399 g/mol. The molecule has 0 saturated carbocycles. The maximum atomic E-state index is 13.1. The van der Waals surface area contributed by atoms with Crippen molar-refractivity contribution in [3.63, 3.8) is 0 Å². The van der Waals surface area contributed by atoms with Crippen LogP contribution in [0.3, 0.4) is 0 Å². The minimum Gasteiger partial charge on any atom is -0.497 e. The summed E-state index contributed by atoms with van der Waals surface area (Å²) in [6.45, 7) is 1.78. The van der Waals surface area contributed by atoms with E-state index >= 15 is 0 Å². The van der Waals surface area contributed by atoms with Crippen molar-refractivity contribution in [3.8, 4) is 16.3 Å². The van der Waals surface area contributed by atoms with Crippen LogP contribution in [0.15, 0.2) is 42.5 Å². The molecule has 0 radical (unpaired) electrons. The second kappa shape index (κ2) is 7.05. The van der Waals surface area contributed by atoms with Gasteiger partial charge in [-0.2, -0.15) is 0 Å². The van der Waals surface area contributed by atoms with Gasteiger partial charge in [-0.15, -0.1) is 11.3 Å². The highest BCUT2D eigenvalue weighted by atomic mass is 32.1. The molecule has 2 aromatic carbocycles. The van der Waals surface area contributed by atoms with Gasteiger partial charge in [0, 0.05) is 5.56 Å². The van der Waals surface area contributed by atoms with E-state index in [9.17, 15) is 9.18 Å². The minimum absolute atomic E-state index is 0.260. The average molecular weight is 399 g/mol. The Balaban J connectivity index is 1.59. The lowest BCUT2D eigenvalue weighted by molar-refractivity contribution is 0.103. The normalized spacial score (nSPS) is 10.9. The van der Waals surface area contributed by atoms with Crippen LogP contribution in [-0.4, -0.2) is 23.0 Å². The summed E-state index contributed by atoms with van der Waals surface area (Å²) >= 11 is 2.65. The molecule has 0 bridgehead atoms. The molecule has 0 aliphatic rings. The molecule has 27 heavy (non-hydrogen) atoms. The number of thiazole rings is 2. The van der Waals surface area contributed by atoms with E-state index in [0.29, 0.717) is 20.7 Å². The zero-order valence-corrected chi connectivity index (χ0v) is 16.1. The van der Waals surface area contributed by atoms with Gasteiger partial charge in [0.2, 0.25) is 0 Å². The number of hydrogen-bond acceptors (Lipinski definition) is 6. The van der Waals surface area contributed by atoms with Crippen molar-refractivity contribution in [2.75, 3.05) is 12.4 Å². The van der Waals surface area contributed by atoms with Crippen molar-refractivity contribution in [3.05, 3.63) is 58.9 Å². The van der Waals surface area contributed by atoms with E-state index in [1.807, 2.05) is 18.2 Å². The zero-order valence-electron chi connectivity index (χ0n) is 14.4. The number of anilines is 1. The maximum Gasteiger partial charge on any atom is 0.269 e. The van der Waals surface area contributed by atoms with Crippen LogP contribution in [0.25, 0.3) is 20.8 Å². The molecule has 4 aromatic rings. The fraction of sp³-hybridized carbons (Fsp3) is 0.105. The van der Waals surface area contributed by atoms with Crippen LogP contribution in [0, 0.1) is 12.7 Å². The number of aromatic nitrogens is 2. The number of benzene rings is 2. The fourth-order valence-electron chi connectivity index (χ4n) is 2.56. The summed E-state index contributed by atoms with van der Waals surface area (Å²) in [5.74, 6) is 0.174. The molecule has 0 spiro atoms.